The summed E-state index contributed by atoms with van der Waals surface area (Å²) in [6, 6.07) is 12.2. The Morgan fingerprint density at radius 1 is 1.17 bits per heavy atom. The highest BCUT2D eigenvalue weighted by Gasteiger charge is 2.33. The van der Waals surface area contributed by atoms with Crippen LogP contribution < -0.4 is 9.46 Å². The fourth-order valence-corrected chi connectivity index (χ4v) is 6.81. The van der Waals surface area contributed by atoms with Gasteiger partial charge in [-0.05, 0) is 37.3 Å². The third kappa shape index (κ3) is 6.89. The summed E-state index contributed by atoms with van der Waals surface area (Å²) in [5.41, 5.74) is 0.624. The molecule has 14 heteroatoms. The molecule has 12 nitrogen and oxygen atoms in total. The van der Waals surface area contributed by atoms with Gasteiger partial charge in [-0.25, -0.2) is 13.4 Å². The first-order valence-electron chi connectivity index (χ1n) is 13.0. The first kappa shape index (κ1) is 30.5. The van der Waals surface area contributed by atoms with Gasteiger partial charge in [0.1, 0.15) is 11.9 Å². The summed E-state index contributed by atoms with van der Waals surface area (Å²) in [5, 5.41) is 9.69. The molecule has 2 N–H and O–H groups in total. The number of benzene rings is 2. The SMILES string of the molecule is C[C@@H]1CN([C@H](C)CO)C(=O)Cc2cc(NS(=O)(=O)c3cn(C)cn3)ccc2O[C@@H]1CN(C)S(=O)(=O)c1ccccc1. The number of sulfonamides is 2. The minimum atomic E-state index is -3.99. The minimum Gasteiger partial charge on any atom is -0.488 e. The number of carbonyl (C=O) groups is 1. The standard InChI is InChI=1S/C27H35N5O7S2/c1-19-14-32(20(2)17-33)27(34)13-21-12-22(29-40(35,36)26-16-30(3)18-28-26)10-11-24(21)39-25(19)15-31(4)41(37,38)23-8-6-5-7-9-23/h5-12,16,18-20,25,29,33H,13-15,17H2,1-4H3/t19-,20-,25-/m1/s1. The summed E-state index contributed by atoms with van der Waals surface area (Å²) in [5.74, 6) is -0.270. The van der Waals surface area contributed by atoms with Crippen LogP contribution in [0.5, 0.6) is 5.75 Å². The molecule has 0 bridgehead atoms. The average molecular weight is 606 g/mol. The lowest BCUT2D eigenvalue weighted by Crippen LogP contribution is -2.48. The summed E-state index contributed by atoms with van der Waals surface area (Å²) in [6.45, 7) is 3.53. The number of amides is 1. The van der Waals surface area contributed by atoms with Crippen LogP contribution in [0, 0.1) is 5.92 Å². The number of likely N-dealkylation sites (N-methyl/N-ethyl adjacent to an activating group) is 1. The van der Waals surface area contributed by atoms with Crippen LogP contribution in [-0.2, 0) is 38.3 Å². The van der Waals surface area contributed by atoms with Gasteiger partial charge in [-0.3, -0.25) is 9.52 Å². The number of carbonyl (C=O) groups excluding carboxylic acids is 1. The summed E-state index contributed by atoms with van der Waals surface area (Å²) in [7, 11) is -4.68. The molecule has 41 heavy (non-hydrogen) atoms. The van der Waals surface area contributed by atoms with Crippen LogP contribution in [0.15, 0.2) is 71.0 Å². The third-order valence-corrected chi connectivity index (χ3v) is 10.1. The number of aryl methyl sites for hydroxylation is 1. The lowest BCUT2D eigenvalue weighted by molar-refractivity contribution is -0.134. The van der Waals surface area contributed by atoms with E-state index in [1.165, 1.54) is 52.7 Å². The quantitative estimate of drug-likeness (QED) is 0.374. The van der Waals surface area contributed by atoms with Crippen LogP contribution in [0.2, 0.25) is 0 Å². The topological polar surface area (TPSA) is 151 Å². The van der Waals surface area contributed by atoms with Gasteiger partial charge in [-0.15, -0.1) is 0 Å². The second-order valence-corrected chi connectivity index (χ2v) is 14.0. The number of anilines is 1. The number of rotatable bonds is 9. The van der Waals surface area contributed by atoms with Crippen molar-refractivity contribution in [1.29, 1.82) is 0 Å². The molecular formula is C27H35N5O7S2. The number of fused-ring (bicyclic) bond motifs is 1. The fourth-order valence-electron chi connectivity index (χ4n) is 4.57. The van der Waals surface area contributed by atoms with Gasteiger partial charge in [0, 0.05) is 44.0 Å². The van der Waals surface area contributed by atoms with Crippen molar-refractivity contribution in [2.75, 3.05) is 31.5 Å². The number of imidazole rings is 1. The first-order valence-corrected chi connectivity index (χ1v) is 16.0. The molecule has 222 valence electrons. The number of aliphatic hydroxyl groups is 1. The maximum absolute atomic E-state index is 13.4. The van der Waals surface area contributed by atoms with Crippen molar-refractivity contribution in [1.82, 2.24) is 18.8 Å². The highest BCUT2D eigenvalue weighted by molar-refractivity contribution is 7.92. The lowest BCUT2D eigenvalue weighted by atomic mass is 10.0. The zero-order chi connectivity index (χ0) is 29.9. The van der Waals surface area contributed by atoms with Crippen LogP contribution in [0.25, 0.3) is 0 Å². The largest absolute Gasteiger partial charge is 0.488 e. The zero-order valence-corrected chi connectivity index (χ0v) is 25.0. The normalized spacial score (nSPS) is 19.1. The Balaban J connectivity index is 1.68. The maximum Gasteiger partial charge on any atom is 0.280 e. The minimum absolute atomic E-state index is 0.0125. The van der Waals surface area contributed by atoms with Gasteiger partial charge in [0.05, 0.1) is 36.8 Å². The van der Waals surface area contributed by atoms with Crippen molar-refractivity contribution in [3.8, 4) is 5.75 Å². The Bertz CT molecular complexity index is 1590. The average Bonchev–Trinajstić information content (AvgIpc) is 3.40. The molecule has 3 atom stereocenters. The van der Waals surface area contributed by atoms with Gasteiger partial charge in [-0.1, -0.05) is 25.1 Å². The fraction of sp³-hybridized carbons (Fsp3) is 0.407. The third-order valence-electron chi connectivity index (χ3n) is 7.01. The Labute approximate surface area is 240 Å². The van der Waals surface area contributed by atoms with E-state index in [2.05, 4.69) is 9.71 Å². The van der Waals surface area contributed by atoms with Crippen molar-refractivity contribution in [3.05, 3.63) is 66.6 Å². The predicted octanol–water partition coefficient (Wildman–Crippen LogP) is 1.69. The Kier molecular flexibility index (Phi) is 9.07. The van der Waals surface area contributed by atoms with E-state index in [4.69, 9.17) is 4.74 Å². The van der Waals surface area contributed by atoms with E-state index in [0.717, 1.165) is 0 Å². The maximum atomic E-state index is 13.4. The van der Waals surface area contributed by atoms with Crippen LogP contribution in [-0.4, -0.2) is 85.5 Å². The molecule has 1 amide bonds. The molecule has 1 aliphatic rings. The smallest absolute Gasteiger partial charge is 0.280 e. The molecule has 0 radical (unpaired) electrons. The molecule has 0 spiro atoms. The van der Waals surface area contributed by atoms with E-state index in [0.29, 0.717) is 11.3 Å². The summed E-state index contributed by atoms with van der Waals surface area (Å²) in [6.07, 6.45) is 1.95. The molecule has 3 aromatic rings. The van der Waals surface area contributed by atoms with Gasteiger partial charge >= 0.3 is 0 Å². The van der Waals surface area contributed by atoms with E-state index in [1.807, 2.05) is 6.92 Å². The van der Waals surface area contributed by atoms with E-state index in [9.17, 15) is 26.7 Å². The number of aromatic nitrogens is 2. The predicted molar refractivity (Wildman–Crippen MR) is 152 cm³/mol. The van der Waals surface area contributed by atoms with E-state index >= 15 is 0 Å². The molecule has 0 saturated carbocycles. The van der Waals surface area contributed by atoms with E-state index in [-0.39, 0.29) is 53.6 Å². The molecule has 1 aromatic heterocycles. The highest BCUT2D eigenvalue weighted by atomic mass is 32.2. The van der Waals surface area contributed by atoms with Crippen LogP contribution in [0.4, 0.5) is 5.69 Å². The van der Waals surface area contributed by atoms with Crippen molar-refractivity contribution >= 4 is 31.6 Å². The number of hydrogen-bond donors (Lipinski definition) is 2. The molecule has 2 aromatic carbocycles. The number of nitrogens with one attached hydrogen (secondary N) is 1. The molecule has 0 aliphatic carbocycles. The number of nitrogens with zero attached hydrogens (tertiary/aromatic N) is 4. The molecule has 0 saturated heterocycles. The second kappa shape index (κ2) is 12.2. The Hall–Kier alpha value is -3.46. The number of ether oxygens (including phenoxy) is 1. The molecule has 4 rings (SSSR count). The van der Waals surface area contributed by atoms with Crippen LogP contribution >= 0.6 is 0 Å². The van der Waals surface area contributed by atoms with Crippen molar-refractivity contribution < 1.29 is 31.5 Å². The number of hydrogen-bond acceptors (Lipinski definition) is 8. The molecule has 1 aliphatic heterocycles. The molecule has 2 heterocycles. The second-order valence-electron chi connectivity index (χ2n) is 10.3. The molecule has 0 unspecified atom stereocenters. The van der Waals surface area contributed by atoms with E-state index < -0.39 is 32.2 Å². The van der Waals surface area contributed by atoms with Gasteiger partial charge in [-0.2, -0.15) is 12.7 Å². The zero-order valence-electron chi connectivity index (χ0n) is 23.3. The van der Waals surface area contributed by atoms with Crippen molar-refractivity contribution in [2.24, 2.45) is 13.0 Å². The van der Waals surface area contributed by atoms with Crippen LogP contribution in [0.1, 0.15) is 19.4 Å². The van der Waals surface area contributed by atoms with Gasteiger partial charge in [0.25, 0.3) is 10.0 Å². The van der Waals surface area contributed by atoms with Crippen molar-refractivity contribution in [2.45, 2.75) is 42.3 Å². The highest BCUT2D eigenvalue weighted by Crippen LogP contribution is 2.30. The first-order chi connectivity index (χ1) is 19.3. The summed E-state index contributed by atoms with van der Waals surface area (Å²) < 4.78 is 63.8. The Morgan fingerprint density at radius 3 is 2.51 bits per heavy atom. The van der Waals surface area contributed by atoms with E-state index in [1.54, 1.807) is 43.1 Å². The lowest BCUT2D eigenvalue weighted by Gasteiger charge is -2.33. The Morgan fingerprint density at radius 2 is 1.88 bits per heavy atom. The van der Waals surface area contributed by atoms with Gasteiger partial charge < -0.3 is 19.3 Å². The molecule has 0 fully saturated rings. The summed E-state index contributed by atoms with van der Waals surface area (Å²) >= 11 is 0. The monoisotopic (exact) mass is 605 g/mol. The van der Waals surface area contributed by atoms with Crippen LogP contribution in [0.3, 0.4) is 0 Å². The molecular weight excluding hydrogens is 570 g/mol. The van der Waals surface area contributed by atoms with Crippen molar-refractivity contribution in [3.63, 3.8) is 0 Å². The van der Waals surface area contributed by atoms with Gasteiger partial charge in [0.15, 0.2) is 5.03 Å². The summed E-state index contributed by atoms with van der Waals surface area (Å²) in [4.78, 5) is 19.0. The number of aliphatic hydroxyl groups excluding tert-OH is 1. The van der Waals surface area contributed by atoms with Gasteiger partial charge in [0.2, 0.25) is 15.9 Å².